The van der Waals surface area contributed by atoms with E-state index in [1.54, 1.807) is 0 Å². The number of nitrogens with zero attached hydrogens (tertiary/aromatic N) is 3. The Labute approximate surface area is 188 Å². The van der Waals surface area contributed by atoms with Crippen LogP contribution in [0.2, 0.25) is 0 Å². The van der Waals surface area contributed by atoms with Crippen molar-refractivity contribution in [3.8, 4) is 12.8 Å². The van der Waals surface area contributed by atoms with Crippen molar-refractivity contribution in [2.75, 3.05) is 46.1 Å². The molecule has 0 bridgehead atoms. The van der Waals surface area contributed by atoms with Crippen LogP contribution in [0.3, 0.4) is 0 Å². The Morgan fingerprint density at radius 2 is 1.67 bits per heavy atom. The topological polar surface area (TPSA) is 31.4 Å². The summed E-state index contributed by atoms with van der Waals surface area (Å²) in [5.74, 6) is 1.04. The molecule has 172 valence electrons. The second kappa shape index (κ2) is 20.3. The lowest BCUT2D eigenvalue weighted by Gasteiger charge is -2.24. The molecule has 1 N–H and O–H groups in total. The highest BCUT2D eigenvalue weighted by molar-refractivity contribution is 5.44. The van der Waals surface area contributed by atoms with Gasteiger partial charge in [0.2, 0.25) is 0 Å². The molecule has 1 rings (SSSR count). The van der Waals surface area contributed by atoms with E-state index in [9.17, 15) is 0 Å². The average molecular weight is 417 g/mol. The van der Waals surface area contributed by atoms with Crippen molar-refractivity contribution >= 4 is 5.82 Å². The first-order valence-corrected chi connectivity index (χ1v) is 11.5. The maximum atomic E-state index is 4.74. The Balaban J connectivity index is 0. The molecular formula is C26H48N4. The Morgan fingerprint density at radius 1 is 1.03 bits per heavy atom. The number of aryl methyl sites for hydroxylation is 2. The zero-order valence-corrected chi connectivity index (χ0v) is 21.1. The first-order chi connectivity index (χ1) is 14.4. The van der Waals surface area contributed by atoms with Crippen LogP contribution in [0.4, 0.5) is 5.82 Å². The third-order valence-corrected chi connectivity index (χ3v) is 4.80. The predicted molar refractivity (Wildman–Crippen MR) is 136 cm³/mol. The van der Waals surface area contributed by atoms with E-state index < -0.39 is 0 Å². The van der Waals surface area contributed by atoms with E-state index in [0.717, 1.165) is 44.7 Å². The normalized spacial score (nSPS) is 10.6. The van der Waals surface area contributed by atoms with Gasteiger partial charge in [0.15, 0.2) is 0 Å². The van der Waals surface area contributed by atoms with Gasteiger partial charge in [-0.2, -0.15) is 0 Å². The van der Waals surface area contributed by atoms with Crippen LogP contribution in [-0.4, -0.2) is 55.6 Å². The standard InChI is InChI=1S/C21H38N4.C3H8.C2H2/c1-7-11-18(3)25(6)17-16-24(5)15-10-9-12-20-14-13-19(8-2)21(22-4)23-20;1-3-2;1-2/h11,13-14H,7-10,12,15-17H2,1-6H3,(H,22,23);3H2,1-2H3;1-2H/b18-11-;;. The molecule has 1 aromatic heterocycles. The van der Waals surface area contributed by atoms with E-state index in [1.165, 1.54) is 36.2 Å². The maximum absolute atomic E-state index is 4.74. The summed E-state index contributed by atoms with van der Waals surface area (Å²) in [6.45, 7) is 14.1. The van der Waals surface area contributed by atoms with Crippen molar-refractivity contribution in [1.82, 2.24) is 14.8 Å². The largest absolute Gasteiger partial charge is 0.377 e. The Morgan fingerprint density at radius 3 is 2.20 bits per heavy atom. The number of hydrogen-bond acceptors (Lipinski definition) is 4. The predicted octanol–water partition coefficient (Wildman–Crippen LogP) is 5.85. The summed E-state index contributed by atoms with van der Waals surface area (Å²) in [5, 5.41) is 3.21. The molecule has 1 aromatic rings. The highest BCUT2D eigenvalue weighted by atomic mass is 15.2. The molecule has 0 aromatic carbocycles. The van der Waals surface area contributed by atoms with Gasteiger partial charge in [0.25, 0.3) is 0 Å². The summed E-state index contributed by atoms with van der Waals surface area (Å²) >= 11 is 0. The first-order valence-electron chi connectivity index (χ1n) is 11.5. The summed E-state index contributed by atoms with van der Waals surface area (Å²) in [6.07, 6.45) is 17.1. The second-order valence-corrected chi connectivity index (χ2v) is 7.56. The zero-order chi connectivity index (χ0) is 23.4. The van der Waals surface area contributed by atoms with Gasteiger partial charge >= 0.3 is 0 Å². The molecule has 0 amide bonds. The van der Waals surface area contributed by atoms with Crippen LogP contribution < -0.4 is 5.32 Å². The van der Waals surface area contributed by atoms with Gasteiger partial charge in [0.1, 0.15) is 5.82 Å². The second-order valence-electron chi connectivity index (χ2n) is 7.56. The Bertz CT molecular complexity index is 578. The summed E-state index contributed by atoms with van der Waals surface area (Å²) < 4.78 is 0. The molecule has 0 saturated carbocycles. The third-order valence-electron chi connectivity index (χ3n) is 4.80. The van der Waals surface area contributed by atoms with Gasteiger partial charge in [-0.15, -0.1) is 12.8 Å². The maximum Gasteiger partial charge on any atom is 0.129 e. The molecule has 4 nitrogen and oxygen atoms in total. The summed E-state index contributed by atoms with van der Waals surface area (Å²) in [5.41, 5.74) is 3.87. The molecule has 0 unspecified atom stereocenters. The fourth-order valence-electron chi connectivity index (χ4n) is 2.92. The fourth-order valence-corrected chi connectivity index (χ4v) is 2.92. The van der Waals surface area contributed by atoms with Crippen molar-refractivity contribution in [3.63, 3.8) is 0 Å². The van der Waals surface area contributed by atoms with Crippen LogP contribution in [-0.2, 0) is 12.8 Å². The number of aromatic nitrogens is 1. The lowest BCUT2D eigenvalue weighted by molar-refractivity contribution is 0.281. The zero-order valence-electron chi connectivity index (χ0n) is 21.1. The molecular weight excluding hydrogens is 368 g/mol. The van der Waals surface area contributed by atoms with Crippen LogP contribution in [0.1, 0.15) is 71.6 Å². The third kappa shape index (κ3) is 14.1. The van der Waals surface area contributed by atoms with Crippen LogP contribution in [0.15, 0.2) is 23.9 Å². The number of likely N-dealkylation sites (N-methyl/N-ethyl adjacent to an activating group) is 2. The summed E-state index contributed by atoms with van der Waals surface area (Å²) in [6, 6.07) is 4.39. The highest BCUT2D eigenvalue weighted by Gasteiger charge is 2.05. The number of terminal acetylenes is 1. The Hall–Kier alpha value is -1.99. The van der Waals surface area contributed by atoms with E-state index in [4.69, 9.17) is 4.98 Å². The minimum atomic E-state index is 1.02. The van der Waals surface area contributed by atoms with Gasteiger partial charge in [-0.05, 0) is 64.3 Å². The number of pyridine rings is 1. The van der Waals surface area contributed by atoms with Crippen molar-refractivity contribution in [2.45, 2.75) is 73.1 Å². The molecule has 0 aliphatic heterocycles. The molecule has 0 radical (unpaired) electrons. The minimum absolute atomic E-state index is 1.02. The average Bonchev–Trinajstić information content (AvgIpc) is 2.76. The molecule has 0 saturated heterocycles. The van der Waals surface area contributed by atoms with Gasteiger partial charge in [0.05, 0.1) is 0 Å². The summed E-state index contributed by atoms with van der Waals surface area (Å²) in [7, 11) is 6.36. The van der Waals surface area contributed by atoms with Gasteiger partial charge in [-0.25, -0.2) is 4.98 Å². The van der Waals surface area contributed by atoms with Gasteiger partial charge in [-0.1, -0.05) is 46.3 Å². The number of hydrogen-bond donors (Lipinski definition) is 1. The van der Waals surface area contributed by atoms with Crippen LogP contribution in [0, 0.1) is 12.8 Å². The number of rotatable bonds is 12. The van der Waals surface area contributed by atoms with E-state index in [2.05, 4.69) is 94.9 Å². The quantitative estimate of drug-likeness (QED) is 0.342. The smallest absolute Gasteiger partial charge is 0.129 e. The molecule has 0 atom stereocenters. The monoisotopic (exact) mass is 416 g/mol. The lowest BCUT2D eigenvalue weighted by Crippen LogP contribution is -2.30. The molecule has 0 aliphatic rings. The molecule has 0 aliphatic carbocycles. The van der Waals surface area contributed by atoms with Gasteiger partial charge in [0, 0.05) is 38.6 Å². The van der Waals surface area contributed by atoms with E-state index in [1.807, 2.05) is 7.05 Å². The SMILES string of the molecule is C#C.CC/C=C(/C)N(C)CCN(C)CCCCc1ccc(CC)c(NC)n1.CCC. The van der Waals surface area contributed by atoms with E-state index in [0.29, 0.717) is 0 Å². The van der Waals surface area contributed by atoms with Crippen LogP contribution >= 0.6 is 0 Å². The van der Waals surface area contributed by atoms with Crippen molar-refractivity contribution in [3.05, 3.63) is 35.2 Å². The van der Waals surface area contributed by atoms with Gasteiger partial charge in [-0.3, -0.25) is 0 Å². The first kappa shape index (κ1) is 30.2. The van der Waals surface area contributed by atoms with E-state index >= 15 is 0 Å². The number of anilines is 1. The molecule has 30 heavy (non-hydrogen) atoms. The minimum Gasteiger partial charge on any atom is -0.377 e. The van der Waals surface area contributed by atoms with Gasteiger partial charge < -0.3 is 15.1 Å². The Kier molecular flexibility index (Phi) is 20.4. The van der Waals surface area contributed by atoms with Crippen molar-refractivity contribution in [1.29, 1.82) is 0 Å². The molecule has 0 fully saturated rings. The lowest BCUT2D eigenvalue weighted by atomic mass is 10.1. The highest BCUT2D eigenvalue weighted by Crippen LogP contribution is 2.15. The van der Waals surface area contributed by atoms with Crippen molar-refractivity contribution in [2.24, 2.45) is 0 Å². The van der Waals surface area contributed by atoms with E-state index in [-0.39, 0.29) is 0 Å². The molecule has 0 spiro atoms. The number of allylic oxidation sites excluding steroid dienone is 2. The molecule has 1 heterocycles. The summed E-state index contributed by atoms with van der Waals surface area (Å²) in [4.78, 5) is 9.52. The number of unbranched alkanes of at least 4 members (excludes halogenated alkanes) is 1. The van der Waals surface area contributed by atoms with Crippen LogP contribution in [0.25, 0.3) is 0 Å². The number of nitrogens with one attached hydrogen (secondary N) is 1. The van der Waals surface area contributed by atoms with Crippen LogP contribution in [0.5, 0.6) is 0 Å². The molecule has 4 heteroatoms. The van der Waals surface area contributed by atoms with Crippen molar-refractivity contribution < 1.29 is 0 Å². The fraction of sp³-hybridized carbons (Fsp3) is 0.654.